The number of carbonyl (C=O) groups is 2. The molecule has 5 nitrogen and oxygen atoms in total. The van der Waals surface area contributed by atoms with Gasteiger partial charge in [0.15, 0.2) is 0 Å². The molecule has 1 aliphatic carbocycles. The van der Waals surface area contributed by atoms with E-state index in [-0.39, 0.29) is 31.0 Å². The van der Waals surface area contributed by atoms with E-state index in [4.69, 9.17) is 4.74 Å². The van der Waals surface area contributed by atoms with Crippen LogP contribution in [0.25, 0.3) is 0 Å². The van der Waals surface area contributed by atoms with Crippen LogP contribution in [0.3, 0.4) is 0 Å². The normalized spacial score (nSPS) is 16.4. The van der Waals surface area contributed by atoms with Gasteiger partial charge in [-0.15, -0.1) is 0 Å². The standard InChI is InChI=1S/C13H24N2O3/c1-4-10(3)14-12(16)8-15(11-6-7-11)9-13(17)18-5-2/h10-11H,4-9H2,1-3H3,(H,14,16). The summed E-state index contributed by atoms with van der Waals surface area (Å²) in [7, 11) is 0. The van der Waals surface area contributed by atoms with Gasteiger partial charge in [-0.3, -0.25) is 14.5 Å². The number of ether oxygens (including phenoxy) is 1. The van der Waals surface area contributed by atoms with Gasteiger partial charge in [-0.05, 0) is 33.1 Å². The summed E-state index contributed by atoms with van der Waals surface area (Å²) in [6, 6.07) is 0.554. The van der Waals surface area contributed by atoms with E-state index in [2.05, 4.69) is 5.32 Å². The van der Waals surface area contributed by atoms with Crippen molar-refractivity contribution < 1.29 is 14.3 Å². The van der Waals surface area contributed by atoms with E-state index < -0.39 is 0 Å². The van der Waals surface area contributed by atoms with Gasteiger partial charge in [0.25, 0.3) is 0 Å². The molecule has 0 heterocycles. The van der Waals surface area contributed by atoms with Crippen molar-refractivity contribution in [1.82, 2.24) is 10.2 Å². The van der Waals surface area contributed by atoms with Crippen LogP contribution < -0.4 is 5.32 Å². The van der Waals surface area contributed by atoms with Gasteiger partial charge >= 0.3 is 5.97 Å². The predicted octanol–water partition coefficient (Wildman–Crippen LogP) is 0.929. The van der Waals surface area contributed by atoms with E-state index in [1.165, 1.54) is 0 Å². The summed E-state index contributed by atoms with van der Waals surface area (Å²) >= 11 is 0. The van der Waals surface area contributed by atoms with Gasteiger partial charge in [0.05, 0.1) is 19.7 Å². The molecule has 0 saturated heterocycles. The molecule has 1 saturated carbocycles. The highest BCUT2D eigenvalue weighted by Gasteiger charge is 2.32. The minimum atomic E-state index is -0.249. The molecule has 1 N–H and O–H groups in total. The molecule has 0 bridgehead atoms. The van der Waals surface area contributed by atoms with E-state index in [1.807, 2.05) is 18.7 Å². The largest absolute Gasteiger partial charge is 0.465 e. The molecule has 1 aliphatic rings. The Kier molecular flexibility index (Phi) is 6.12. The molecule has 0 aliphatic heterocycles. The van der Waals surface area contributed by atoms with Crippen LogP contribution in [0.5, 0.6) is 0 Å². The fraction of sp³-hybridized carbons (Fsp3) is 0.846. The zero-order valence-corrected chi connectivity index (χ0v) is 11.6. The van der Waals surface area contributed by atoms with Gasteiger partial charge < -0.3 is 10.1 Å². The second-order valence-electron chi connectivity index (χ2n) is 4.82. The van der Waals surface area contributed by atoms with Crippen molar-refractivity contribution in [1.29, 1.82) is 0 Å². The third-order valence-electron chi connectivity index (χ3n) is 3.07. The third-order valence-corrected chi connectivity index (χ3v) is 3.07. The Labute approximate surface area is 109 Å². The Morgan fingerprint density at radius 1 is 1.33 bits per heavy atom. The molecule has 1 rings (SSSR count). The van der Waals surface area contributed by atoms with E-state index in [9.17, 15) is 9.59 Å². The van der Waals surface area contributed by atoms with Gasteiger partial charge in [0.1, 0.15) is 0 Å². The molecule has 5 heteroatoms. The van der Waals surface area contributed by atoms with Gasteiger partial charge in [0, 0.05) is 12.1 Å². The van der Waals surface area contributed by atoms with E-state index in [1.54, 1.807) is 6.92 Å². The number of hydrogen-bond acceptors (Lipinski definition) is 4. The van der Waals surface area contributed by atoms with Gasteiger partial charge in [-0.25, -0.2) is 0 Å². The van der Waals surface area contributed by atoms with E-state index in [0.29, 0.717) is 12.6 Å². The van der Waals surface area contributed by atoms with Gasteiger partial charge in [-0.1, -0.05) is 6.92 Å². The lowest BCUT2D eigenvalue weighted by Gasteiger charge is -2.21. The molecule has 0 radical (unpaired) electrons. The van der Waals surface area contributed by atoms with Crippen molar-refractivity contribution in [2.75, 3.05) is 19.7 Å². The number of amides is 1. The molecule has 104 valence electrons. The maximum Gasteiger partial charge on any atom is 0.320 e. The van der Waals surface area contributed by atoms with Gasteiger partial charge in [-0.2, -0.15) is 0 Å². The molecule has 0 spiro atoms. The minimum absolute atomic E-state index is 0.0134. The summed E-state index contributed by atoms with van der Waals surface area (Å²) in [5.74, 6) is -0.263. The smallest absolute Gasteiger partial charge is 0.320 e. The second-order valence-corrected chi connectivity index (χ2v) is 4.82. The van der Waals surface area contributed by atoms with Crippen molar-refractivity contribution in [2.24, 2.45) is 0 Å². The minimum Gasteiger partial charge on any atom is -0.465 e. The summed E-state index contributed by atoms with van der Waals surface area (Å²) in [4.78, 5) is 25.2. The highest BCUT2D eigenvalue weighted by molar-refractivity contribution is 5.79. The van der Waals surface area contributed by atoms with Crippen LogP contribution in [0.4, 0.5) is 0 Å². The first kappa shape index (κ1) is 15.0. The van der Waals surface area contributed by atoms with Crippen LogP contribution in [0.15, 0.2) is 0 Å². The lowest BCUT2D eigenvalue weighted by Crippen LogP contribution is -2.43. The number of nitrogens with zero attached hydrogens (tertiary/aromatic N) is 1. The fourth-order valence-electron chi connectivity index (χ4n) is 1.73. The SMILES string of the molecule is CCOC(=O)CN(CC(=O)NC(C)CC)C1CC1. The molecular formula is C13H24N2O3. The van der Waals surface area contributed by atoms with E-state index in [0.717, 1.165) is 19.3 Å². The molecule has 1 unspecified atom stereocenters. The van der Waals surface area contributed by atoms with Gasteiger partial charge in [0.2, 0.25) is 5.91 Å². The van der Waals surface area contributed by atoms with Crippen LogP contribution in [0.1, 0.15) is 40.0 Å². The number of esters is 1. The molecule has 0 aromatic rings. The quantitative estimate of drug-likeness (QED) is 0.656. The fourth-order valence-corrected chi connectivity index (χ4v) is 1.73. The molecule has 18 heavy (non-hydrogen) atoms. The molecule has 0 aromatic heterocycles. The number of nitrogens with one attached hydrogen (secondary N) is 1. The monoisotopic (exact) mass is 256 g/mol. The maximum absolute atomic E-state index is 11.8. The van der Waals surface area contributed by atoms with Crippen molar-refractivity contribution in [3.05, 3.63) is 0 Å². The highest BCUT2D eigenvalue weighted by atomic mass is 16.5. The predicted molar refractivity (Wildman–Crippen MR) is 69.1 cm³/mol. The summed E-state index contributed by atoms with van der Waals surface area (Å²) in [5.41, 5.74) is 0. The van der Waals surface area contributed by atoms with Crippen LogP contribution in [0.2, 0.25) is 0 Å². The highest BCUT2D eigenvalue weighted by Crippen LogP contribution is 2.26. The summed E-state index contributed by atoms with van der Waals surface area (Å²) in [6.45, 7) is 6.68. The number of hydrogen-bond donors (Lipinski definition) is 1. The molecule has 1 fully saturated rings. The van der Waals surface area contributed by atoms with Crippen molar-refractivity contribution in [2.45, 2.75) is 52.1 Å². The molecule has 1 amide bonds. The topological polar surface area (TPSA) is 58.6 Å². The zero-order chi connectivity index (χ0) is 13.5. The summed E-state index contributed by atoms with van der Waals surface area (Å²) < 4.78 is 4.92. The Morgan fingerprint density at radius 3 is 2.50 bits per heavy atom. The summed E-state index contributed by atoms with van der Waals surface area (Å²) in [6.07, 6.45) is 3.04. The Hall–Kier alpha value is -1.10. The van der Waals surface area contributed by atoms with Crippen molar-refractivity contribution >= 4 is 11.9 Å². The van der Waals surface area contributed by atoms with Crippen molar-refractivity contribution in [3.63, 3.8) is 0 Å². The van der Waals surface area contributed by atoms with Crippen LogP contribution in [-0.4, -0.2) is 48.6 Å². The first-order chi connectivity index (χ1) is 8.56. The van der Waals surface area contributed by atoms with E-state index >= 15 is 0 Å². The average Bonchev–Trinajstić information content (AvgIpc) is 3.12. The van der Waals surface area contributed by atoms with Crippen LogP contribution in [0, 0.1) is 0 Å². The first-order valence-electron chi connectivity index (χ1n) is 6.75. The Morgan fingerprint density at radius 2 is 2.00 bits per heavy atom. The second kappa shape index (κ2) is 7.36. The maximum atomic E-state index is 11.8. The number of carbonyl (C=O) groups excluding carboxylic acids is 2. The summed E-state index contributed by atoms with van der Waals surface area (Å²) in [5, 5.41) is 2.92. The van der Waals surface area contributed by atoms with Crippen LogP contribution >= 0.6 is 0 Å². The van der Waals surface area contributed by atoms with Crippen molar-refractivity contribution in [3.8, 4) is 0 Å². The van der Waals surface area contributed by atoms with Crippen LogP contribution in [-0.2, 0) is 14.3 Å². The Bertz CT molecular complexity index is 290. The lowest BCUT2D eigenvalue weighted by atomic mass is 10.2. The lowest BCUT2D eigenvalue weighted by molar-refractivity contribution is -0.144. The zero-order valence-electron chi connectivity index (χ0n) is 11.6. The molecular weight excluding hydrogens is 232 g/mol. The first-order valence-corrected chi connectivity index (χ1v) is 6.75. The molecule has 0 aromatic carbocycles. The molecule has 1 atom stereocenters. The average molecular weight is 256 g/mol. The Balaban J connectivity index is 2.38. The number of rotatable bonds is 8. The third kappa shape index (κ3) is 5.49.